The number of aliphatic imine (C=N–C) groups is 1. The van der Waals surface area contributed by atoms with Crippen molar-refractivity contribution >= 4 is 23.3 Å². The van der Waals surface area contributed by atoms with Crippen LogP contribution in [0.1, 0.15) is 36.8 Å². The van der Waals surface area contributed by atoms with Crippen LogP contribution in [0.3, 0.4) is 0 Å². The first kappa shape index (κ1) is 17.2. The van der Waals surface area contributed by atoms with Gasteiger partial charge in [-0.1, -0.05) is 11.6 Å². The standard InChI is InChI=1S/C18H21ClN6O/c1-10-7-12(20)4-6-25(10)15-9-22-17-13(24-15)8-23-18(17)26-14-3-5-21-11(2)16(14)19/h3,5,9-10,12H,4,6-8,20H2,1-2H3/t10-,12+/m0/s1. The molecule has 2 atom stereocenters. The second-order valence-electron chi connectivity index (χ2n) is 6.78. The molecule has 136 valence electrons. The average Bonchev–Trinajstić information content (AvgIpc) is 3.01. The minimum absolute atomic E-state index is 0.264. The van der Waals surface area contributed by atoms with Crippen LogP contribution in [0, 0.1) is 6.92 Å². The van der Waals surface area contributed by atoms with Gasteiger partial charge in [0.25, 0.3) is 0 Å². The van der Waals surface area contributed by atoms with Crippen molar-refractivity contribution in [2.24, 2.45) is 10.7 Å². The van der Waals surface area contributed by atoms with Crippen LogP contribution in [-0.2, 0) is 6.54 Å². The Bertz CT molecular complexity index is 871. The monoisotopic (exact) mass is 372 g/mol. The molecule has 26 heavy (non-hydrogen) atoms. The summed E-state index contributed by atoms with van der Waals surface area (Å²) in [5.74, 6) is 1.84. The SMILES string of the molecule is Cc1nccc(OC2=NCc3nc(N4CC[C@@H](N)C[C@@H]4C)cnc32)c1Cl. The third-order valence-corrected chi connectivity index (χ3v) is 5.31. The van der Waals surface area contributed by atoms with Gasteiger partial charge in [0.1, 0.15) is 16.5 Å². The number of pyridine rings is 1. The predicted molar refractivity (Wildman–Crippen MR) is 101 cm³/mol. The summed E-state index contributed by atoms with van der Waals surface area (Å²) in [6.45, 7) is 5.35. The van der Waals surface area contributed by atoms with Gasteiger partial charge in [0, 0.05) is 30.9 Å². The van der Waals surface area contributed by atoms with Crippen LogP contribution in [0.15, 0.2) is 23.5 Å². The first-order valence-corrected chi connectivity index (χ1v) is 9.12. The molecule has 0 unspecified atom stereocenters. The topological polar surface area (TPSA) is 89.5 Å². The largest absolute Gasteiger partial charge is 0.435 e. The van der Waals surface area contributed by atoms with E-state index in [4.69, 9.17) is 27.1 Å². The summed E-state index contributed by atoms with van der Waals surface area (Å²) in [6.07, 6.45) is 5.37. The fourth-order valence-electron chi connectivity index (χ4n) is 3.40. The Labute approximate surface area is 157 Å². The Morgan fingerprint density at radius 1 is 1.35 bits per heavy atom. The quantitative estimate of drug-likeness (QED) is 0.871. The first-order chi connectivity index (χ1) is 12.5. The van der Waals surface area contributed by atoms with E-state index in [-0.39, 0.29) is 6.04 Å². The number of halogens is 1. The molecule has 2 N–H and O–H groups in total. The van der Waals surface area contributed by atoms with Crippen molar-refractivity contribution in [3.05, 3.63) is 40.6 Å². The zero-order chi connectivity index (χ0) is 18.3. The number of hydrogen-bond acceptors (Lipinski definition) is 7. The number of rotatable bonds is 2. The molecule has 1 fully saturated rings. The molecule has 8 heteroatoms. The van der Waals surface area contributed by atoms with Gasteiger partial charge in [0.15, 0.2) is 5.75 Å². The maximum Gasteiger partial charge on any atom is 0.243 e. The highest BCUT2D eigenvalue weighted by molar-refractivity contribution is 6.32. The fourth-order valence-corrected chi connectivity index (χ4v) is 3.55. The Morgan fingerprint density at radius 2 is 2.19 bits per heavy atom. The number of nitrogens with zero attached hydrogens (tertiary/aromatic N) is 5. The zero-order valence-electron chi connectivity index (χ0n) is 14.8. The zero-order valence-corrected chi connectivity index (χ0v) is 15.6. The van der Waals surface area contributed by atoms with Crippen LogP contribution in [0.2, 0.25) is 5.02 Å². The third-order valence-electron chi connectivity index (χ3n) is 4.85. The summed E-state index contributed by atoms with van der Waals surface area (Å²) in [6, 6.07) is 2.33. The van der Waals surface area contributed by atoms with E-state index in [1.165, 1.54) is 0 Å². The molecule has 0 aromatic carbocycles. The molecular formula is C18H21ClN6O. The van der Waals surface area contributed by atoms with E-state index in [0.29, 0.717) is 40.6 Å². The van der Waals surface area contributed by atoms with Crippen LogP contribution in [0.25, 0.3) is 0 Å². The second-order valence-corrected chi connectivity index (χ2v) is 7.16. The van der Waals surface area contributed by atoms with E-state index in [1.54, 1.807) is 18.5 Å². The first-order valence-electron chi connectivity index (χ1n) is 8.75. The summed E-state index contributed by atoms with van der Waals surface area (Å²) in [5.41, 5.74) is 8.26. The summed E-state index contributed by atoms with van der Waals surface area (Å²) in [5, 5.41) is 0.478. The van der Waals surface area contributed by atoms with Crippen molar-refractivity contribution in [3.8, 4) is 5.75 Å². The third kappa shape index (κ3) is 3.12. The number of fused-ring (bicyclic) bond motifs is 1. The normalized spacial score (nSPS) is 22.2. The lowest BCUT2D eigenvalue weighted by Crippen LogP contribution is -2.46. The van der Waals surface area contributed by atoms with Gasteiger partial charge in [0.05, 0.1) is 24.1 Å². The van der Waals surface area contributed by atoms with Crippen molar-refractivity contribution in [1.29, 1.82) is 0 Å². The molecule has 0 amide bonds. The lowest BCUT2D eigenvalue weighted by Gasteiger charge is -2.37. The highest BCUT2D eigenvalue weighted by atomic mass is 35.5. The fraction of sp³-hybridized carbons (Fsp3) is 0.444. The van der Waals surface area contributed by atoms with Gasteiger partial charge >= 0.3 is 0 Å². The second kappa shape index (κ2) is 6.81. The number of ether oxygens (including phenoxy) is 1. The Kier molecular flexibility index (Phi) is 4.50. The average molecular weight is 373 g/mol. The van der Waals surface area contributed by atoms with E-state index in [1.807, 2.05) is 6.92 Å². The maximum absolute atomic E-state index is 6.26. The Balaban J connectivity index is 1.55. The number of piperidine rings is 1. The van der Waals surface area contributed by atoms with Crippen molar-refractivity contribution in [2.75, 3.05) is 11.4 Å². The molecule has 0 aliphatic carbocycles. The lowest BCUT2D eigenvalue weighted by molar-refractivity contribution is 0.426. The Morgan fingerprint density at radius 3 is 3.00 bits per heavy atom. The van der Waals surface area contributed by atoms with Crippen molar-refractivity contribution in [2.45, 2.75) is 45.3 Å². The molecule has 4 heterocycles. The van der Waals surface area contributed by atoms with Gasteiger partial charge in [0.2, 0.25) is 5.90 Å². The molecule has 2 aliphatic rings. The highest BCUT2D eigenvalue weighted by Crippen LogP contribution is 2.29. The van der Waals surface area contributed by atoms with Gasteiger partial charge in [-0.15, -0.1) is 0 Å². The van der Waals surface area contributed by atoms with Crippen molar-refractivity contribution in [1.82, 2.24) is 15.0 Å². The van der Waals surface area contributed by atoms with Crippen LogP contribution >= 0.6 is 11.6 Å². The van der Waals surface area contributed by atoms with Crippen LogP contribution in [0.4, 0.5) is 5.82 Å². The number of aromatic nitrogens is 3. The van der Waals surface area contributed by atoms with E-state index >= 15 is 0 Å². The molecule has 7 nitrogen and oxygen atoms in total. The molecule has 4 rings (SSSR count). The maximum atomic E-state index is 6.26. The number of anilines is 1. The number of hydrogen-bond donors (Lipinski definition) is 1. The van der Waals surface area contributed by atoms with Gasteiger partial charge in [-0.25, -0.2) is 15.0 Å². The van der Waals surface area contributed by atoms with Gasteiger partial charge in [-0.3, -0.25) is 4.98 Å². The molecule has 2 aliphatic heterocycles. The van der Waals surface area contributed by atoms with Crippen molar-refractivity contribution in [3.63, 3.8) is 0 Å². The predicted octanol–water partition coefficient (Wildman–Crippen LogP) is 2.49. The van der Waals surface area contributed by atoms with E-state index in [9.17, 15) is 0 Å². The molecular weight excluding hydrogens is 352 g/mol. The molecule has 0 bridgehead atoms. The van der Waals surface area contributed by atoms with Gasteiger partial charge in [-0.2, -0.15) is 0 Å². The summed E-state index contributed by atoms with van der Waals surface area (Å²) in [7, 11) is 0. The molecule has 0 radical (unpaired) electrons. The molecule has 0 spiro atoms. The molecule has 2 aromatic heterocycles. The van der Waals surface area contributed by atoms with Crippen molar-refractivity contribution < 1.29 is 4.74 Å². The van der Waals surface area contributed by atoms with E-state index in [0.717, 1.165) is 30.9 Å². The van der Waals surface area contributed by atoms with Crippen LogP contribution < -0.4 is 15.4 Å². The molecule has 1 saturated heterocycles. The van der Waals surface area contributed by atoms with Gasteiger partial charge in [-0.05, 0) is 26.7 Å². The molecule has 2 aromatic rings. The minimum atomic E-state index is 0.264. The van der Waals surface area contributed by atoms with Crippen LogP contribution in [0.5, 0.6) is 5.75 Å². The number of nitrogens with two attached hydrogens (primary N) is 1. The van der Waals surface area contributed by atoms with E-state index < -0.39 is 0 Å². The Hall–Kier alpha value is -2.25. The summed E-state index contributed by atoms with van der Waals surface area (Å²) >= 11 is 6.26. The minimum Gasteiger partial charge on any atom is -0.435 e. The lowest BCUT2D eigenvalue weighted by atomic mass is 9.99. The number of aryl methyl sites for hydroxylation is 1. The van der Waals surface area contributed by atoms with Gasteiger partial charge < -0.3 is 15.4 Å². The summed E-state index contributed by atoms with van der Waals surface area (Å²) < 4.78 is 5.88. The summed E-state index contributed by atoms with van der Waals surface area (Å²) in [4.78, 5) is 20.2. The van der Waals surface area contributed by atoms with E-state index in [2.05, 4.69) is 26.8 Å². The molecule has 0 saturated carbocycles. The highest BCUT2D eigenvalue weighted by Gasteiger charge is 2.27. The van der Waals surface area contributed by atoms with Crippen LogP contribution in [-0.4, -0.2) is 39.5 Å². The smallest absolute Gasteiger partial charge is 0.243 e.